The molecule has 0 aliphatic rings. The molecule has 0 spiro atoms. The minimum absolute atomic E-state index is 0.139. The van der Waals surface area contributed by atoms with Crippen LogP contribution in [-0.2, 0) is 4.79 Å². The van der Waals surface area contributed by atoms with Gasteiger partial charge in [-0.2, -0.15) is 0 Å². The van der Waals surface area contributed by atoms with Crippen molar-refractivity contribution in [1.29, 1.82) is 0 Å². The van der Waals surface area contributed by atoms with Gasteiger partial charge in [-0.15, -0.1) is 0 Å². The lowest BCUT2D eigenvalue weighted by molar-refractivity contribution is -0.136. The molecule has 0 bridgehead atoms. The van der Waals surface area contributed by atoms with Crippen molar-refractivity contribution in [2.75, 3.05) is 6.61 Å². The van der Waals surface area contributed by atoms with Crippen LogP contribution in [0.2, 0.25) is 0 Å². The lowest BCUT2D eigenvalue weighted by Crippen LogP contribution is -2.18. The van der Waals surface area contributed by atoms with E-state index in [0.29, 0.717) is 11.5 Å². The number of benzene rings is 3. The third-order valence-electron chi connectivity index (χ3n) is 3.68. The average Bonchev–Trinajstić information content (AvgIpc) is 2.63. The zero-order valence-corrected chi connectivity index (χ0v) is 15.3. The summed E-state index contributed by atoms with van der Waals surface area (Å²) in [5.41, 5.74) is 3.12. The van der Waals surface area contributed by atoms with Crippen LogP contribution in [0, 0.1) is 6.92 Å². The standard InChI is InChI=1S/C21H17BrO3/c1-15-13-18(22)9-12-20(15)25-21(23)14-24-19-10-7-17(8-11-19)16-5-3-2-4-6-16/h2-13H,14H2,1H3. The highest BCUT2D eigenvalue weighted by Gasteiger charge is 2.09. The number of aryl methyl sites for hydroxylation is 1. The number of hydrogen-bond acceptors (Lipinski definition) is 3. The van der Waals surface area contributed by atoms with E-state index in [-0.39, 0.29) is 6.61 Å². The third-order valence-corrected chi connectivity index (χ3v) is 4.17. The molecular weight excluding hydrogens is 380 g/mol. The van der Waals surface area contributed by atoms with E-state index in [0.717, 1.165) is 21.2 Å². The van der Waals surface area contributed by atoms with Crippen molar-refractivity contribution >= 4 is 21.9 Å². The highest BCUT2D eigenvalue weighted by atomic mass is 79.9. The molecule has 126 valence electrons. The van der Waals surface area contributed by atoms with Crippen LogP contribution in [0.15, 0.2) is 77.3 Å². The van der Waals surface area contributed by atoms with Crippen LogP contribution in [0.3, 0.4) is 0 Å². The molecule has 0 aliphatic carbocycles. The Labute approximate surface area is 155 Å². The van der Waals surface area contributed by atoms with Crippen LogP contribution in [0.1, 0.15) is 5.56 Å². The lowest BCUT2D eigenvalue weighted by Gasteiger charge is -2.09. The fourth-order valence-electron chi connectivity index (χ4n) is 2.40. The van der Waals surface area contributed by atoms with Crippen LogP contribution in [0.4, 0.5) is 0 Å². The van der Waals surface area contributed by atoms with Crippen molar-refractivity contribution in [1.82, 2.24) is 0 Å². The number of esters is 1. The maximum atomic E-state index is 12.0. The Hall–Kier alpha value is -2.59. The molecule has 0 saturated heterocycles. The molecular formula is C21H17BrO3. The summed E-state index contributed by atoms with van der Waals surface area (Å²) < 4.78 is 11.8. The van der Waals surface area contributed by atoms with Gasteiger partial charge in [-0.25, -0.2) is 4.79 Å². The molecule has 0 unspecified atom stereocenters. The van der Waals surface area contributed by atoms with Gasteiger partial charge in [0.05, 0.1) is 0 Å². The van der Waals surface area contributed by atoms with Gasteiger partial charge in [0.25, 0.3) is 0 Å². The Morgan fingerprint density at radius 2 is 1.60 bits per heavy atom. The van der Waals surface area contributed by atoms with E-state index in [2.05, 4.69) is 15.9 Å². The van der Waals surface area contributed by atoms with E-state index >= 15 is 0 Å². The van der Waals surface area contributed by atoms with E-state index in [1.807, 2.05) is 73.7 Å². The monoisotopic (exact) mass is 396 g/mol. The molecule has 0 fully saturated rings. The molecule has 0 amide bonds. The van der Waals surface area contributed by atoms with Gasteiger partial charge < -0.3 is 9.47 Å². The van der Waals surface area contributed by atoms with Gasteiger partial charge in [-0.3, -0.25) is 0 Å². The zero-order valence-electron chi connectivity index (χ0n) is 13.7. The van der Waals surface area contributed by atoms with Crippen LogP contribution >= 0.6 is 15.9 Å². The van der Waals surface area contributed by atoms with E-state index in [1.54, 1.807) is 6.07 Å². The Bertz CT molecular complexity index is 858. The Kier molecular flexibility index (Phi) is 5.51. The molecule has 4 heteroatoms. The fourth-order valence-corrected chi connectivity index (χ4v) is 2.87. The van der Waals surface area contributed by atoms with Gasteiger partial charge >= 0.3 is 5.97 Å². The highest BCUT2D eigenvalue weighted by molar-refractivity contribution is 9.10. The summed E-state index contributed by atoms with van der Waals surface area (Å²) in [4.78, 5) is 12.0. The van der Waals surface area contributed by atoms with Gasteiger partial charge in [0, 0.05) is 4.47 Å². The van der Waals surface area contributed by atoms with Gasteiger partial charge in [-0.05, 0) is 53.9 Å². The minimum atomic E-state index is -0.433. The molecule has 0 N–H and O–H groups in total. The Morgan fingerprint density at radius 3 is 2.28 bits per heavy atom. The van der Waals surface area contributed by atoms with E-state index < -0.39 is 5.97 Å². The molecule has 0 atom stereocenters. The summed E-state index contributed by atoms with van der Waals surface area (Å²) in [5, 5.41) is 0. The molecule has 0 aromatic heterocycles. The second-order valence-corrected chi connectivity index (χ2v) is 6.48. The predicted octanol–water partition coefficient (Wildman–Crippen LogP) is 5.41. The lowest BCUT2D eigenvalue weighted by atomic mass is 10.1. The van der Waals surface area contributed by atoms with Crippen LogP contribution in [0.5, 0.6) is 11.5 Å². The number of halogens is 1. The van der Waals surface area contributed by atoms with Crippen LogP contribution in [-0.4, -0.2) is 12.6 Å². The number of ether oxygens (including phenoxy) is 2. The summed E-state index contributed by atoms with van der Waals surface area (Å²) >= 11 is 3.38. The van der Waals surface area contributed by atoms with E-state index in [4.69, 9.17) is 9.47 Å². The van der Waals surface area contributed by atoms with Crippen LogP contribution < -0.4 is 9.47 Å². The topological polar surface area (TPSA) is 35.5 Å². The molecule has 3 aromatic carbocycles. The van der Waals surface area contributed by atoms with Crippen molar-refractivity contribution in [2.45, 2.75) is 6.92 Å². The summed E-state index contributed by atoms with van der Waals surface area (Å²) in [6.45, 7) is 1.75. The first-order valence-corrected chi connectivity index (χ1v) is 8.66. The molecule has 0 saturated carbocycles. The molecule has 3 aromatic rings. The van der Waals surface area contributed by atoms with Crippen LogP contribution in [0.25, 0.3) is 11.1 Å². The minimum Gasteiger partial charge on any atom is -0.482 e. The average molecular weight is 397 g/mol. The van der Waals surface area contributed by atoms with Crippen molar-refractivity contribution in [2.24, 2.45) is 0 Å². The molecule has 3 nitrogen and oxygen atoms in total. The number of rotatable bonds is 5. The van der Waals surface area contributed by atoms with Crippen molar-refractivity contribution in [3.63, 3.8) is 0 Å². The first-order valence-electron chi connectivity index (χ1n) is 7.87. The maximum Gasteiger partial charge on any atom is 0.349 e. The second kappa shape index (κ2) is 7.99. The predicted molar refractivity (Wildman–Crippen MR) is 102 cm³/mol. The molecule has 0 radical (unpaired) electrons. The van der Waals surface area contributed by atoms with E-state index in [9.17, 15) is 4.79 Å². The van der Waals surface area contributed by atoms with E-state index in [1.165, 1.54) is 0 Å². The van der Waals surface area contributed by atoms with Gasteiger partial charge in [0.2, 0.25) is 0 Å². The summed E-state index contributed by atoms with van der Waals surface area (Å²) in [7, 11) is 0. The molecule has 25 heavy (non-hydrogen) atoms. The molecule has 0 aliphatic heterocycles. The summed E-state index contributed by atoms with van der Waals surface area (Å²) in [6.07, 6.45) is 0. The summed E-state index contributed by atoms with van der Waals surface area (Å²) in [6, 6.07) is 23.2. The normalized spacial score (nSPS) is 10.3. The Balaban J connectivity index is 1.57. The Morgan fingerprint density at radius 1 is 0.920 bits per heavy atom. The molecule has 3 rings (SSSR count). The van der Waals surface area contributed by atoms with Crippen molar-refractivity contribution in [3.05, 3.63) is 82.8 Å². The highest BCUT2D eigenvalue weighted by Crippen LogP contribution is 2.23. The molecule has 0 heterocycles. The smallest absolute Gasteiger partial charge is 0.349 e. The van der Waals surface area contributed by atoms with Crippen molar-refractivity contribution in [3.8, 4) is 22.6 Å². The van der Waals surface area contributed by atoms with Gasteiger partial charge in [-0.1, -0.05) is 58.4 Å². The first-order chi connectivity index (χ1) is 12.1. The number of carbonyl (C=O) groups excluding carboxylic acids is 1. The number of hydrogen-bond donors (Lipinski definition) is 0. The first kappa shape index (κ1) is 17.2. The van der Waals surface area contributed by atoms with Gasteiger partial charge in [0.15, 0.2) is 6.61 Å². The van der Waals surface area contributed by atoms with Gasteiger partial charge in [0.1, 0.15) is 11.5 Å². The quantitative estimate of drug-likeness (QED) is 0.427. The maximum absolute atomic E-state index is 12.0. The summed E-state index contributed by atoms with van der Waals surface area (Å²) in [5.74, 6) is 0.734. The number of carbonyl (C=O) groups is 1. The SMILES string of the molecule is Cc1cc(Br)ccc1OC(=O)COc1ccc(-c2ccccc2)cc1. The fraction of sp³-hybridized carbons (Fsp3) is 0.0952. The second-order valence-electron chi connectivity index (χ2n) is 5.56. The zero-order chi connectivity index (χ0) is 17.6. The largest absolute Gasteiger partial charge is 0.482 e. The van der Waals surface area contributed by atoms with Crippen molar-refractivity contribution < 1.29 is 14.3 Å². The third kappa shape index (κ3) is 4.70.